The van der Waals surface area contributed by atoms with Crippen LogP contribution in [0.25, 0.3) is 10.9 Å². The van der Waals surface area contributed by atoms with Gasteiger partial charge in [0.25, 0.3) is 0 Å². The van der Waals surface area contributed by atoms with Crippen molar-refractivity contribution in [1.29, 1.82) is 0 Å². The number of benzene rings is 1. The number of nitrogens with two attached hydrogens (primary N) is 1. The summed E-state index contributed by atoms with van der Waals surface area (Å²) >= 11 is 1.62. The first-order valence-electron chi connectivity index (χ1n) is 7.08. The minimum absolute atomic E-state index is 0.0413. The van der Waals surface area contributed by atoms with Gasteiger partial charge in [0.15, 0.2) is 0 Å². The van der Waals surface area contributed by atoms with Crippen molar-refractivity contribution in [2.45, 2.75) is 30.0 Å². The number of aromatic nitrogens is 1. The Labute approximate surface area is 131 Å². The fraction of sp³-hybridized carbons (Fsp3) is 0.333. The normalized spacial score (nSPS) is 17.0. The van der Waals surface area contributed by atoms with Crippen molar-refractivity contribution in [1.82, 2.24) is 4.98 Å². The molecule has 1 aromatic heterocycles. The van der Waals surface area contributed by atoms with Crippen LogP contribution in [0.3, 0.4) is 0 Å². The predicted octanol–water partition coefficient (Wildman–Crippen LogP) is 2.65. The molecule has 0 amide bonds. The molecule has 2 aromatic rings. The molecule has 0 saturated carbocycles. The van der Waals surface area contributed by atoms with Crippen molar-refractivity contribution in [3.63, 3.8) is 0 Å². The second kappa shape index (κ2) is 5.57. The van der Waals surface area contributed by atoms with Crippen LogP contribution in [-0.2, 0) is 4.79 Å². The molecule has 0 saturated heterocycles. The second-order valence-corrected chi connectivity index (χ2v) is 6.45. The van der Waals surface area contributed by atoms with Gasteiger partial charge < -0.3 is 20.8 Å². The average molecular weight is 319 g/mol. The van der Waals surface area contributed by atoms with E-state index in [9.17, 15) is 15.0 Å². The standard InChI is InChI=1S/C15H17N3O3S/c1-2-3-11-18(7-12(20)21)13-14(22-11)9-5-4-8(19)6-10(9)17-15(13)16/h4-6,11,19H,2-3,7H2,1H3,(H2,16,17)(H,20,21). The van der Waals surface area contributed by atoms with Crippen molar-refractivity contribution < 1.29 is 15.0 Å². The lowest BCUT2D eigenvalue weighted by molar-refractivity contribution is -0.135. The molecule has 4 N–H and O–H groups in total. The summed E-state index contributed by atoms with van der Waals surface area (Å²) in [6.45, 7) is 1.97. The lowest BCUT2D eigenvalue weighted by Crippen LogP contribution is -2.34. The quantitative estimate of drug-likeness (QED) is 0.796. The fourth-order valence-corrected chi connectivity index (χ4v) is 4.33. The van der Waals surface area contributed by atoms with Gasteiger partial charge in [-0.25, -0.2) is 4.98 Å². The van der Waals surface area contributed by atoms with E-state index < -0.39 is 5.97 Å². The van der Waals surface area contributed by atoms with E-state index in [4.69, 9.17) is 5.73 Å². The third-order valence-corrected chi connectivity index (χ3v) is 5.07. The number of hydrogen-bond acceptors (Lipinski definition) is 6. The molecular formula is C15H17N3O3S. The van der Waals surface area contributed by atoms with E-state index >= 15 is 0 Å². The van der Waals surface area contributed by atoms with Gasteiger partial charge in [0.1, 0.15) is 18.1 Å². The number of nitrogen functional groups attached to an aromatic ring is 1. The Kier molecular flexibility index (Phi) is 3.74. The Morgan fingerprint density at radius 2 is 2.27 bits per heavy atom. The first kappa shape index (κ1) is 14.8. The fourth-order valence-electron chi connectivity index (χ4n) is 2.76. The Balaban J connectivity index is 2.17. The highest BCUT2D eigenvalue weighted by Gasteiger charge is 2.34. The van der Waals surface area contributed by atoms with Gasteiger partial charge in [0, 0.05) is 16.3 Å². The van der Waals surface area contributed by atoms with Crippen molar-refractivity contribution in [3.8, 4) is 5.75 Å². The van der Waals surface area contributed by atoms with Crippen LogP contribution in [0, 0.1) is 0 Å². The number of pyridine rings is 1. The predicted molar refractivity (Wildman–Crippen MR) is 87.4 cm³/mol. The Morgan fingerprint density at radius 1 is 1.50 bits per heavy atom. The van der Waals surface area contributed by atoms with E-state index in [1.807, 2.05) is 4.90 Å². The third kappa shape index (κ3) is 2.41. The summed E-state index contributed by atoms with van der Waals surface area (Å²) in [6, 6.07) is 4.98. The molecule has 2 heterocycles. The molecule has 6 nitrogen and oxygen atoms in total. The number of aromatic hydroxyl groups is 1. The number of rotatable bonds is 4. The minimum Gasteiger partial charge on any atom is -0.508 e. The summed E-state index contributed by atoms with van der Waals surface area (Å²) in [5.41, 5.74) is 7.39. The summed E-state index contributed by atoms with van der Waals surface area (Å²) in [5, 5.41) is 19.7. The monoisotopic (exact) mass is 319 g/mol. The lowest BCUT2D eigenvalue weighted by Gasteiger charge is -2.24. The summed E-state index contributed by atoms with van der Waals surface area (Å²) in [7, 11) is 0. The zero-order valence-electron chi connectivity index (χ0n) is 12.1. The van der Waals surface area contributed by atoms with Gasteiger partial charge in [0.2, 0.25) is 0 Å². The number of fused-ring (bicyclic) bond motifs is 3. The molecule has 1 unspecified atom stereocenters. The van der Waals surface area contributed by atoms with E-state index in [1.165, 1.54) is 0 Å². The second-order valence-electron chi connectivity index (χ2n) is 5.26. The number of phenols is 1. The van der Waals surface area contributed by atoms with Gasteiger partial charge in [0.05, 0.1) is 16.6 Å². The maximum Gasteiger partial charge on any atom is 0.323 e. The van der Waals surface area contributed by atoms with Crippen LogP contribution in [0.15, 0.2) is 23.1 Å². The van der Waals surface area contributed by atoms with Crippen molar-refractivity contribution >= 4 is 40.1 Å². The first-order chi connectivity index (χ1) is 10.5. The molecule has 3 rings (SSSR count). The molecule has 1 aliphatic heterocycles. The Morgan fingerprint density at radius 3 is 2.95 bits per heavy atom. The van der Waals surface area contributed by atoms with E-state index in [-0.39, 0.29) is 17.7 Å². The number of hydrogen-bond donors (Lipinski definition) is 3. The van der Waals surface area contributed by atoms with E-state index in [0.29, 0.717) is 17.0 Å². The molecule has 0 bridgehead atoms. The maximum absolute atomic E-state index is 11.2. The van der Waals surface area contributed by atoms with Crippen LogP contribution in [0.4, 0.5) is 11.5 Å². The van der Waals surface area contributed by atoms with Gasteiger partial charge in [-0.3, -0.25) is 4.79 Å². The van der Waals surface area contributed by atoms with Crippen LogP contribution in [-0.4, -0.2) is 33.1 Å². The van der Waals surface area contributed by atoms with Gasteiger partial charge in [-0.2, -0.15) is 0 Å². The molecule has 22 heavy (non-hydrogen) atoms. The van der Waals surface area contributed by atoms with Crippen LogP contribution < -0.4 is 10.6 Å². The number of carboxylic acids is 1. The highest BCUT2D eigenvalue weighted by atomic mass is 32.2. The van der Waals surface area contributed by atoms with Crippen molar-refractivity contribution in [2.24, 2.45) is 0 Å². The highest BCUT2D eigenvalue weighted by Crippen LogP contribution is 2.50. The molecule has 1 atom stereocenters. The summed E-state index contributed by atoms with van der Waals surface area (Å²) in [4.78, 5) is 18.3. The molecule has 1 aromatic carbocycles. The zero-order chi connectivity index (χ0) is 15.9. The largest absolute Gasteiger partial charge is 0.508 e. The Bertz CT molecular complexity index is 750. The van der Waals surface area contributed by atoms with E-state index in [1.54, 1.807) is 30.0 Å². The number of thioether (sulfide) groups is 1. The van der Waals surface area contributed by atoms with Crippen molar-refractivity contribution in [3.05, 3.63) is 18.2 Å². The number of carboxylic acid groups (broad SMARTS) is 1. The van der Waals surface area contributed by atoms with E-state index in [2.05, 4.69) is 11.9 Å². The summed E-state index contributed by atoms with van der Waals surface area (Å²) < 4.78 is 0. The molecular weight excluding hydrogens is 302 g/mol. The maximum atomic E-state index is 11.2. The van der Waals surface area contributed by atoms with Crippen LogP contribution in [0.5, 0.6) is 5.75 Å². The Hall–Kier alpha value is -2.15. The summed E-state index contributed by atoms with van der Waals surface area (Å²) in [6.07, 6.45) is 1.82. The number of anilines is 2. The van der Waals surface area contributed by atoms with Gasteiger partial charge >= 0.3 is 5.97 Å². The lowest BCUT2D eigenvalue weighted by atomic mass is 10.1. The minimum atomic E-state index is -0.889. The zero-order valence-corrected chi connectivity index (χ0v) is 12.9. The molecule has 0 radical (unpaired) electrons. The van der Waals surface area contributed by atoms with Gasteiger partial charge in [-0.05, 0) is 18.6 Å². The van der Waals surface area contributed by atoms with Gasteiger partial charge in [-0.1, -0.05) is 25.1 Å². The molecule has 0 spiro atoms. The van der Waals surface area contributed by atoms with Crippen LogP contribution in [0.2, 0.25) is 0 Å². The molecule has 116 valence electrons. The van der Waals surface area contributed by atoms with Crippen LogP contribution >= 0.6 is 11.8 Å². The number of carbonyl (C=O) groups is 1. The molecule has 1 aliphatic rings. The molecule has 0 aliphatic carbocycles. The number of nitrogens with zero attached hydrogens (tertiary/aromatic N) is 2. The molecule has 7 heteroatoms. The first-order valence-corrected chi connectivity index (χ1v) is 7.96. The average Bonchev–Trinajstić information content (AvgIpc) is 2.77. The van der Waals surface area contributed by atoms with E-state index in [0.717, 1.165) is 23.1 Å². The third-order valence-electron chi connectivity index (χ3n) is 3.65. The SMILES string of the molecule is CCCC1Sc2c(c(N)nc3cc(O)ccc23)N1CC(=O)O. The number of phenolic OH excluding ortho intramolecular Hbond substituents is 1. The highest BCUT2D eigenvalue weighted by molar-refractivity contribution is 8.00. The summed E-state index contributed by atoms with van der Waals surface area (Å²) in [5.74, 6) is -0.449. The topological polar surface area (TPSA) is 99.7 Å². The van der Waals surface area contributed by atoms with Crippen LogP contribution in [0.1, 0.15) is 19.8 Å². The smallest absolute Gasteiger partial charge is 0.323 e. The number of aliphatic carboxylic acids is 1. The van der Waals surface area contributed by atoms with Crippen molar-refractivity contribution in [2.75, 3.05) is 17.2 Å². The van der Waals surface area contributed by atoms with Gasteiger partial charge in [-0.15, -0.1) is 0 Å². The molecule has 0 fully saturated rings.